The first-order chi connectivity index (χ1) is 14.8. The lowest BCUT2D eigenvalue weighted by atomic mass is 9.98. The predicted octanol–water partition coefficient (Wildman–Crippen LogP) is 1.54. The predicted molar refractivity (Wildman–Crippen MR) is 112 cm³/mol. The summed E-state index contributed by atoms with van der Waals surface area (Å²) in [5.74, 6) is 1.88. The van der Waals surface area contributed by atoms with Crippen LogP contribution >= 0.6 is 0 Å². The van der Waals surface area contributed by atoms with Gasteiger partial charge in [-0.25, -0.2) is 4.68 Å². The van der Waals surface area contributed by atoms with Crippen LogP contribution in [-0.2, 0) is 5.54 Å². The SMILES string of the molecule is CC(C)(C)n1nnnc1C(c1cc2cc3c(cc2[nH]c1=O)OCO3)N1CCC(O)CC1. The largest absolute Gasteiger partial charge is 0.454 e. The fraction of sp³-hybridized carbons (Fsp3) is 0.524. The van der Waals surface area contributed by atoms with Crippen LogP contribution in [0.5, 0.6) is 11.5 Å². The number of fused-ring (bicyclic) bond motifs is 2. The van der Waals surface area contributed by atoms with E-state index in [4.69, 9.17) is 9.47 Å². The van der Waals surface area contributed by atoms with Gasteiger partial charge in [-0.2, -0.15) is 0 Å². The van der Waals surface area contributed by atoms with Gasteiger partial charge in [0.1, 0.15) is 6.04 Å². The number of piperidine rings is 1. The lowest BCUT2D eigenvalue weighted by molar-refractivity contribution is 0.0647. The van der Waals surface area contributed by atoms with Crippen molar-refractivity contribution in [1.82, 2.24) is 30.1 Å². The fourth-order valence-corrected chi connectivity index (χ4v) is 4.30. The molecule has 2 aromatic heterocycles. The van der Waals surface area contributed by atoms with Gasteiger partial charge in [0.2, 0.25) is 6.79 Å². The van der Waals surface area contributed by atoms with Gasteiger partial charge in [0.15, 0.2) is 17.3 Å². The fourth-order valence-electron chi connectivity index (χ4n) is 4.30. The maximum atomic E-state index is 13.3. The number of hydrogen-bond donors (Lipinski definition) is 2. The number of benzene rings is 1. The zero-order valence-corrected chi connectivity index (χ0v) is 17.8. The highest BCUT2D eigenvalue weighted by molar-refractivity contribution is 5.83. The summed E-state index contributed by atoms with van der Waals surface area (Å²) < 4.78 is 12.7. The van der Waals surface area contributed by atoms with Crippen LogP contribution in [0.4, 0.5) is 0 Å². The van der Waals surface area contributed by atoms with Crippen LogP contribution in [0.3, 0.4) is 0 Å². The monoisotopic (exact) mass is 426 g/mol. The second kappa shape index (κ2) is 7.31. The Hall–Kier alpha value is -2.98. The number of ether oxygens (including phenoxy) is 2. The van der Waals surface area contributed by atoms with Gasteiger partial charge in [0.05, 0.1) is 17.2 Å². The third-order valence-electron chi connectivity index (χ3n) is 5.90. The number of nitrogens with one attached hydrogen (secondary N) is 1. The van der Waals surface area contributed by atoms with Crippen molar-refractivity contribution in [3.05, 3.63) is 39.9 Å². The van der Waals surface area contributed by atoms with Crippen molar-refractivity contribution in [2.24, 2.45) is 0 Å². The van der Waals surface area contributed by atoms with E-state index >= 15 is 0 Å². The molecule has 1 saturated heterocycles. The van der Waals surface area contributed by atoms with Crippen molar-refractivity contribution in [3.8, 4) is 11.5 Å². The summed E-state index contributed by atoms with van der Waals surface area (Å²) in [7, 11) is 0. The van der Waals surface area contributed by atoms with Crippen LogP contribution < -0.4 is 15.0 Å². The van der Waals surface area contributed by atoms with Crippen LogP contribution in [0, 0.1) is 0 Å². The number of H-pyrrole nitrogens is 1. The van der Waals surface area contributed by atoms with Crippen molar-refractivity contribution in [1.29, 1.82) is 0 Å². The molecule has 0 radical (unpaired) electrons. The molecule has 0 amide bonds. The molecular formula is C21H26N6O4. The van der Waals surface area contributed by atoms with Crippen LogP contribution in [0.25, 0.3) is 10.9 Å². The quantitative estimate of drug-likeness (QED) is 0.648. The van der Waals surface area contributed by atoms with Gasteiger partial charge in [-0.3, -0.25) is 9.69 Å². The molecule has 1 unspecified atom stereocenters. The Labute approximate surface area is 178 Å². The maximum Gasteiger partial charge on any atom is 0.253 e. The topological polar surface area (TPSA) is 118 Å². The van der Waals surface area contributed by atoms with E-state index in [1.807, 2.05) is 32.9 Å². The highest BCUT2D eigenvalue weighted by Crippen LogP contribution is 2.37. The van der Waals surface area contributed by atoms with Crippen molar-refractivity contribution in [2.45, 2.75) is 51.3 Å². The summed E-state index contributed by atoms with van der Waals surface area (Å²) in [5, 5.41) is 23.3. The summed E-state index contributed by atoms with van der Waals surface area (Å²) in [4.78, 5) is 18.4. The Balaban J connectivity index is 1.67. The molecule has 2 N–H and O–H groups in total. The van der Waals surface area contributed by atoms with Crippen LogP contribution in [0.2, 0.25) is 0 Å². The van der Waals surface area contributed by atoms with Gasteiger partial charge in [0.25, 0.3) is 5.56 Å². The van der Waals surface area contributed by atoms with Gasteiger partial charge in [0, 0.05) is 30.1 Å². The molecule has 3 aromatic rings. The van der Waals surface area contributed by atoms with E-state index in [2.05, 4.69) is 25.4 Å². The molecule has 0 saturated carbocycles. The Kier molecular flexibility index (Phi) is 4.71. The summed E-state index contributed by atoms with van der Waals surface area (Å²) in [5.41, 5.74) is 0.678. The van der Waals surface area contributed by atoms with E-state index in [0.717, 1.165) is 5.39 Å². The highest BCUT2D eigenvalue weighted by atomic mass is 16.7. The second-order valence-electron chi connectivity index (χ2n) is 9.14. The molecular weight excluding hydrogens is 400 g/mol. The molecule has 1 fully saturated rings. The third-order valence-corrected chi connectivity index (χ3v) is 5.90. The standard InChI is InChI=1S/C21H26N6O4/c1-21(2,3)27-19(23-24-25-27)18(26-6-4-13(28)5-7-26)14-8-12-9-16-17(31-11-30-16)10-15(12)22-20(14)29/h8-10,13,18,28H,4-7,11H2,1-3H3,(H,22,29). The minimum atomic E-state index is -0.444. The molecule has 0 bridgehead atoms. The van der Waals surface area contributed by atoms with Crippen LogP contribution in [0.15, 0.2) is 23.0 Å². The second-order valence-corrected chi connectivity index (χ2v) is 9.14. The molecule has 5 rings (SSSR count). The first-order valence-corrected chi connectivity index (χ1v) is 10.5. The third kappa shape index (κ3) is 3.55. The summed E-state index contributed by atoms with van der Waals surface area (Å²) in [6.45, 7) is 7.52. The molecule has 0 aliphatic carbocycles. The molecule has 1 aromatic carbocycles. The summed E-state index contributed by atoms with van der Waals surface area (Å²) in [6, 6.07) is 5.10. The van der Waals surface area contributed by atoms with E-state index < -0.39 is 6.04 Å². The Morgan fingerprint density at radius 2 is 1.87 bits per heavy atom. The van der Waals surface area contributed by atoms with E-state index in [0.29, 0.717) is 54.3 Å². The lowest BCUT2D eigenvalue weighted by Gasteiger charge is -2.36. The average molecular weight is 426 g/mol. The van der Waals surface area contributed by atoms with Gasteiger partial charge < -0.3 is 19.6 Å². The number of hydrogen-bond acceptors (Lipinski definition) is 8. The van der Waals surface area contributed by atoms with E-state index in [1.165, 1.54) is 0 Å². The van der Waals surface area contributed by atoms with Crippen LogP contribution in [-0.4, -0.2) is 61.2 Å². The molecule has 31 heavy (non-hydrogen) atoms. The van der Waals surface area contributed by atoms with Gasteiger partial charge >= 0.3 is 0 Å². The Morgan fingerprint density at radius 3 is 2.58 bits per heavy atom. The zero-order valence-electron chi connectivity index (χ0n) is 17.8. The molecule has 164 valence electrons. The number of aliphatic hydroxyl groups excluding tert-OH is 1. The zero-order chi connectivity index (χ0) is 21.8. The smallest absolute Gasteiger partial charge is 0.253 e. The van der Waals surface area contributed by atoms with Crippen molar-refractivity contribution in [3.63, 3.8) is 0 Å². The molecule has 4 heterocycles. The van der Waals surface area contributed by atoms with Crippen molar-refractivity contribution < 1.29 is 14.6 Å². The summed E-state index contributed by atoms with van der Waals surface area (Å²) in [6.07, 6.45) is 0.945. The minimum Gasteiger partial charge on any atom is -0.454 e. The molecule has 1 atom stereocenters. The number of aliphatic hydroxyl groups is 1. The highest BCUT2D eigenvalue weighted by Gasteiger charge is 2.35. The molecule has 10 nitrogen and oxygen atoms in total. The molecule has 2 aliphatic heterocycles. The summed E-state index contributed by atoms with van der Waals surface area (Å²) >= 11 is 0. The van der Waals surface area contributed by atoms with Crippen molar-refractivity contribution >= 4 is 10.9 Å². The maximum absolute atomic E-state index is 13.3. The average Bonchev–Trinajstić information content (AvgIpc) is 3.37. The van der Waals surface area contributed by atoms with Crippen LogP contribution in [0.1, 0.15) is 51.0 Å². The number of likely N-dealkylation sites (tertiary alicyclic amines) is 1. The normalized spacial score (nSPS) is 18.6. The number of aromatic amines is 1. The Morgan fingerprint density at radius 1 is 1.16 bits per heavy atom. The van der Waals surface area contributed by atoms with E-state index in [1.54, 1.807) is 10.7 Å². The molecule has 0 spiro atoms. The number of tetrazole rings is 1. The number of pyridine rings is 1. The van der Waals surface area contributed by atoms with Crippen molar-refractivity contribution in [2.75, 3.05) is 19.9 Å². The number of aromatic nitrogens is 5. The lowest BCUT2D eigenvalue weighted by Crippen LogP contribution is -2.42. The van der Waals surface area contributed by atoms with E-state index in [9.17, 15) is 9.90 Å². The molecule has 10 heteroatoms. The molecule has 2 aliphatic rings. The number of rotatable bonds is 3. The first kappa shape index (κ1) is 20.0. The van der Waals surface area contributed by atoms with Gasteiger partial charge in [-0.1, -0.05) is 0 Å². The Bertz CT molecular complexity index is 1170. The first-order valence-electron chi connectivity index (χ1n) is 10.5. The number of nitrogens with zero attached hydrogens (tertiary/aromatic N) is 5. The van der Waals surface area contributed by atoms with Gasteiger partial charge in [-0.15, -0.1) is 5.10 Å². The minimum absolute atomic E-state index is 0.168. The van der Waals surface area contributed by atoms with E-state index in [-0.39, 0.29) is 24.0 Å². The van der Waals surface area contributed by atoms with Gasteiger partial charge in [-0.05, 0) is 56.2 Å².